The van der Waals surface area contributed by atoms with Crippen molar-refractivity contribution in [2.45, 2.75) is 33.0 Å². The molecule has 2 aromatic rings. The second-order valence-electron chi connectivity index (χ2n) is 8.38. The number of carbonyl (C=O) groups is 2. The van der Waals surface area contributed by atoms with Crippen LogP contribution in [0.3, 0.4) is 0 Å². The Balaban J connectivity index is 1.61. The van der Waals surface area contributed by atoms with Gasteiger partial charge in [0.1, 0.15) is 17.9 Å². The fourth-order valence-electron chi connectivity index (χ4n) is 3.15. The third-order valence-electron chi connectivity index (χ3n) is 4.57. The van der Waals surface area contributed by atoms with E-state index in [0.717, 1.165) is 22.8 Å². The van der Waals surface area contributed by atoms with Gasteiger partial charge in [0.05, 0.1) is 13.2 Å². The molecule has 33 heavy (non-hydrogen) atoms. The highest BCUT2D eigenvalue weighted by molar-refractivity contribution is 5.85. The van der Waals surface area contributed by atoms with Gasteiger partial charge < -0.3 is 14.4 Å². The Labute approximate surface area is 191 Å². The molecule has 3 rings (SSSR count). The Bertz CT molecular complexity index is 959. The van der Waals surface area contributed by atoms with Crippen LogP contribution in [0.2, 0.25) is 0 Å². The second kappa shape index (κ2) is 10.5. The van der Waals surface area contributed by atoms with Gasteiger partial charge >= 0.3 is 12.2 Å². The molecule has 2 amide bonds. The first-order chi connectivity index (χ1) is 15.6. The van der Waals surface area contributed by atoms with Crippen molar-refractivity contribution in [1.29, 1.82) is 0 Å². The van der Waals surface area contributed by atoms with Crippen molar-refractivity contribution in [2.75, 3.05) is 36.5 Å². The summed E-state index contributed by atoms with van der Waals surface area (Å²) in [5.41, 5.74) is -0.263. The maximum Gasteiger partial charge on any atom is 0.434 e. The Morgan fingerprint density at radius 1 is 1.06 bits per heavy atom. The molecular weight excluding hydrogens is 436 g/mol. The zero-order chi connectivity index (χ0) is 24.0. The average molecular weight is 463 g/mol. The summed E-state index contributed by atoms with van der Waals surface area (Å²) in [6.07, 6.45) is -1.50. The largest absolute Gasteiger partial charge is 0.444 e. The van der Waals surface area contributed by atoms with E-state index in [1.165, 1.54) is 4.90 Å². The molecule has 0 spiro atoms. The van der Waals surface area contributed by atoms with Gasteiger partial charge in [-0.1, -0.05) is 30.3 Å². The lowest BCUT2D eigenvalue weighted by molar-refractivity contribution is -0.137. The van der Waals surface area contributed by atoms with Gasteiger partial charge in [0, 0.05) is 18.8 Å². The highest BCUT2D eigenvalue weighted by atomic mass is 19.1. The molecule has 178 valence electrons. The van der Waals surface area contributed by atoms with Crippen LogP contribution in [0, 0.1) is 11.6 Å². The molecule has 10 heteroatoms. The summed E-state index contributed by atoms with van der Waals surface area (Å²) < 4.78 is 39.9. The number of nitrogens with zero attached hydrogens (tertiary/aromatic N) is 2. The number of hydrogen-bond acceptors (Lipinski definition) is 6. The molecule has 1 N–H and O–H groups in total. The number of hydrogen-bond donors (Lipinski definition) is 1. The van der Waals surface area contributed by atoms with Crippen molar-refractivity contribution in [2.24, 2.45) is 0 Å². The van der Waals surface area contributed by atoms with Crippen molar-refractivity contribution < 1.29 is 32.7 Å². The highest BCUT2D eigenvalue weighted by Gasteiger charge is 2.27. The number of benzene rings is 2. The van der Waals surface area contributed by atoms with Crippen LogP contribution in [0.25, 0.3) is 0 Å². The second-order valence-corrected chi connectivity index (χ2v) is 8.38. The first-order valence-corrected chi connectivity index (χ1v) is 10.5. The minimum atomic E-state index is -0.862. The maximum atomic E-state index is 14.8. The Kier molecular flexibility index (Phi) is 7.70. The minimum absolute atomic E-state index is 0.0254. The quantitative estimate of drug-likeness (QED) is 0.708. The summed E-state index contributed by atoms with van der Waals surface area (Å²) in [5, 5.41) is 3.37. The molecule has 0 aliphatic carbocycles. The Hall–Kier alpha value is -3.40. The number of ether oxygens (including phenoxy) is 2. The summed E-state index contributed by atoms with van der Waals surface area (Å²) in [7, 11) is 0. The van der Waals surface area contributed by atoms with E-state index < -0.39 is 29.4 Å². The van der Waals surface area contributed by atoms with E-state index in [0.29, 0.717) is 0 Å². The van der Waals surface area contributed by atoms with Gasteiger partial charge in [-0.3, -0.25) is 10.2 Å². The predicted molar refractivity (Wildman–Crippen MR) is 118 cm³/mol. The van der Waals surface area contributed by atoms with Crippen LogP contribution in [0.5, 0.6) is 0 Å². The molecule has 1 fully saturated rings. The monoisotopic (exact) mass is 463 g/mol. The van der Waals surface area contributed by atoms with E-state index >= 15 is 0 Å². The summed E-state index contributed by atoms with van der Waals surface area (Å²) >= 11 is 0. The fourth-order valence-corrected chi connectivity index (χ4v) is 3.15. The van der Waals surface area contributed by atoms with Crippen molar-refractivity contribution >= 4 is 23.6 Å². The molecule has 0 bridgehead atoms. The third-order valence-corrected chi connectivity index (χ3v) is 4.57. The van der Waals surface area contributed by atoms with E-state index in [1.54, 1.807) is 45.0 Å². The molecular formula is C23H27F2N3O5. The van der Waals surface area contributed by atoms with Gasteiger partial charge in [-0.05, 0) is 38.5 Å². The van der Waals surface area contributed by atoms with Crippen LogP contribution >= 0.6 is 0 Å². The molecule has 2 aromatic carbocycles. The smallest absolute Gasteiger partial charge is 0.434 e. The van der Waals surface area contributed by atoms with Crippen LogP contribution in [0.1, 0.15) is 26.3 Å². The lowest BCUT2D eigenvalue weighted by atomic mass is 10.2. The van der Waals surface area contributed by atoms with Gasteiger partial charge in [0.15, 0.2) is 11.6 Å². The minimum Gasteiger partial charge on any atom is -0.444 e. The Morgan fingerprint density at radius 3 is 2.36 bits per heavy atom. The van der Waals surface area contributed by atoms with E-state index in [4.69, 9.17) is 14.3 Å². The topological polar surface area (TPSA) is 80.3 Å². The van der Waals surface area contributed by atoms with Gasteiger partial charge in [-0.15, -0.1) is 0 Å². The molecule has 1 saturated heterocycles. The van der Waals surface area contributed by atoms with Gasteiger partial charge in [-0.2, -0.15) is 5.06 Å². The third kappa shape index (κ3) is 7.04. The first kappa shape index (κ1) is 24.2. The zero-order valence-corrected chi connectivity index (χ0v) is 18.8. The lowest BCUT2D eigenvalue weighted by Gasteiger charge is -2.26. The molecule has 1 heterocycles. The number of amides is 2. The number of carbonyl (C=O) groups excluding carboxylic acids is 2. The summed E-state index contributed by atoms with van der Waals surface area (Å²) in [5.74, 6) is -1.72. The summed E-state index contributed by atoms with van der Waals surface area (Å²) in [4.78, 5) is 31.0. The number of hydroxylamine groups is 2. The SMILES string of the molecule is CC(C)(C)OC(=O)N1CCN(c2c(F)cc(NC(=O)OCc3ccccc3)cc2F)CCO1. The molecule has 1 aliphatic rings. The van der Waals surface area contributed by atoms with Crippen LogP contribution in [-0.2, 0) is 20.9 Å². The Morgan fingerprint density at radius 2 is 1.73 bits per heavy atom. The predicted octanol–water partition coefficient (Wildman–Crippen LogP) is 4.70. The van der Waals surface area contributed by atoms with Crippen LogP contribution in [-0.4, -0.2) is 49.1 Å². The van der Waals surface area contributed by atoms with Crippen molar-refractivity contribution in [3.8, 4) is 0 Å². The maximum absolute atomic E-state index is 14.8. The van der Waals surface area contributed by atoms with Gasteiger partial charge in [0.2, 0.25) is 0 Å². The number of nitrogens with one attached hydrogen (secondary N) is 1. The molecule has 8 nitrogen and oxygen atoms in total. The van der Waals surface area contributed by atoms with Crippen LogP contribution < -0.4 is 10.2 Å². The molecule has 0 unspecified atom stereocenters. The van der Waals surface area contributed by atoms with Gasteiger partial charge in [0.25, 0.3) is 0 Å². The normalized spacial score (nSPS) is 14.5. The number of rotatable bonds is 4. The van der Waals surface area contributed by atoms with Crippen LogP contribution in [0.4, 0.5) is 29.7 Å². The van der Waals surface area contributed by atoms with Gasteiger partial charge in [-0.25, -0.2) is 18.4 Å². The summed E-state index contributed by atoms with van der Waals surface area (Å²) in [6, 6.07) is 11.1. The first-order valence-electron chi connectivity index (χ1n) is 10.5. The zero-order valence-electron chi connectivity index (χ0n) is 18.8. The van der Waals surface area contributed by atoms with E-state index in [-0.39, 0.29) is 44.2 Å². The highest BCUT2D eigenvalue weighted by Crippen LogP contribution is 2.28. The van der Waals surface area contributed by atoms with E-state index in [1.807, 2.05) is 6.07 Å². The molecule has 0 aromatic heterocycles. The van der Waals surface area contributed by atoms with E-state index in [9.17, 15) is 18.4 Å². The molecule has 1 aliphatic heterocycles. The molecule has 0 radical (unpaired) electrons. The van der Waals surface area contributed by atoms with Crippen molar-refractivity contribution in [3.05, 3.63) is 59.7 Å². The average Bonchev–Trinajstić information content (AvgIpc) is 2.98. The molecule has 0 atom stereocenters. The molecule has 0 saturated carbocycles. The van der Waals surface area contributed by atoms with Crippen molar-refractivity contribution in [3.63, 3.8) is 0 Å². The lowest BCUT2D eigenvalue weighted by Crippen LogP contribution is -2.38. The van der Waals surface area contributed by atoms with Crippen molar-refractivity contribution in [1.82, 2.24) is 5.06 Å². The fraction of sp³-hybridized carbons (Fsp3) is 0.391. The summed E-state index contributed by atoms with van der Waals surface area (Å²) in [6.45, 7) is 5.58. The number of anilines is 2. The van der Waals surface area contributed by atoms with Crippen LogP contribution in [0.15, 0.2) is 42.5 Å². The number of halogens is 2. The van der Waals surface area contributed by atoms with E-state index in [2.05, 4.69) is 5.32 Å². The standard InChI is InChI=1S/C23H27F2N3O5/c1-23(2,3)33-22(30)28-10-9-27(11-12-32-28)20-18(24)13-17(14-19(20)25)26-21(29)31-15-16-7-5-4-6-8-16/h4-8,13-14H,9-12,15H2,1-3H3,(H,26,29).